The molecule has 31 heavy (non-hydrogen) atoms. The molecule has 1 heterocycles. The van der Waals surface area contributed by atoms with Gasteiger partial charge in [0, 0.05) is 25.6 Å². The molecule has 2 atom stereocenters. The number of nitrogens with one attached hydrogen (secondary N) is 1. The molecule has 1 saturated heterocycles. The summed E-state index contributed by atoms with van der Waals surface area (Å²) in [6.45, 7) is 4.86. The maximum Gasteiger partial charge on any atom is 0.318 e. The maximum atomic E-state index is 13.5. The zero-order chi connectivity index (χ0) is 22.4. The van der Waals surface area contributed by atoms with Crippen molar-refractivity contribution in [3.8, 4) is 0 Å². The zero-order valence-corrected chi connectivity index (χ0v) is 18.8. The quantitative estimate of drug-likeness (QED) is 0.699. The minimum absolute atomic E-state index is 0.0469. The van der Waals surface area contributed by atoms with Gasteiger partial charge in [-0.2, -0.15) is 0 Å². The molecule has 4 amide bonds. The lowest BCUT2D eigenvalue weighted by Gasteiger charge is -2.46. The summed E-state index contributed by atoms with van der Waals surface area (Å²) in [5.74, 6) is -0.292. The monoisotopic (exact) mass is 428 g/mol. The first kappa shape index (κ1) is 23.1. The summed E-state index contributed by atoms with van der Waals surface area (Å²) in [7, 11) is 0. The molecule has 0 spiro atoms. The number of amides is 4. The average molecular weight is 429 g/mol. The van der Waals surface area contributed by atoms with E-state index in [2.05, 4.69) is 5.32 Å². The third-order valence-corrected chi connectivity index (χ3v) is 6.27. The van der Waals surface area contributed by atoms with Gasteiger partial charge < -0.3 is 20.9 Å². The molecule has 1 aromatic carbocycles. The lowest BCUT2D eigenvalue weighted by molar-refractivity contribution is -0.145. The van der Waals surface area contributed by atoms with Crippen molar-refractivity contribution >= 4 is 17.8 Å². The lowest BCUT2D eigenvalue weighted by atomic mass is 9.94. The predicted molar refractivity (Wildman–Crippen MR) is 120 cm³/mol. The molecule has 1 aliphatic heterocycles. The molecule has 1 aliphatic carbocycles. The molecule has 1 saturated carbocycles. The van der Waals surface area contributed by atoms with Crippen LogP contribution < -0.4 is 11.1 Å². The number of hydrogen-bond donors (Lipinski definition) is 2. The third kappa shape index (κ3) is 6.21. The molecule has 0 aromatic heterocycles. The van der Waals surface area contributed by atoms with Gasteiger partial charge in [-0.25, -0.2) is 4.79 Å². The highest BCUT2D eigenvalue weighted by Crippen LogP contribution is 2.27. The number of primary amides is 1. The Bertz CT molecular complexity index is 761. The van der Waals surface area contributed by atoms with Crippen molar-refractivity contribution in [3.05, 3.63) is 35.9 Å². The Hall–Kier alpha value is -2.57. The van der Waals surface area contributed by atoms with Crippen LogP contribution in [0.4, 0.5) is 4.79 Å². The van der Waals surface area contributed by atoms with Crippen molar-refractivity contribution in [2.45, 2.75) is 83.5 Å². The van der Waals surface area contributed by atoms with Crippen LogP contribution in [-0.4, -0.2) is 52.3 Å². The minimum Gasteiger partial charge on any atom is -0.370 e. The molecule has 0 unspecified atom stereocenters. The number of benzene rings is 1. The molecule has 7 heteroatoms. The van der Waals surface area contributed by atoms with Crippen LogP contribution in [0.15, 0.2) is 30.3 Å². The molecular weight excluding hydrogens is 392 g/mol. The fraction of sp³-hybridized carbons (Fsp3) is 0.625. The summed E-state index contributed by atoms with van der Waals surface area (Å²) in [5, 5.41) is 3.14. The van der Waals surface area contributed by atoms with Crippen molar-refractivity contribution in [1.82, 2.24) is 15.1 Å². The van der Waals surface area contributed by atoms with E-state index in [-0.39, 0.29) is 30.3 Å². The van der Waals surface area contributed by atoms with Crippen LogP contribution in [0.1, 0.15) is 64.4 Å². The van der Waals surface area contributed by atoms with E-state index in [0.29, 0.717) is 19.5 Å². The number of urea groups is 1. The molecule has 2 fully saturated rings. The predicted octanol–water partition coefficient (Wildman–Crippen LogP) is 3.03. The second kappa shape index (κ2) is 10.6. The van der Waals surface area contributed by atoms with E-state index < -0.39 is 18.0 Å². The van der Waals surface area contributed by atoms with Crippen LogP contribution in [0.5, 0.6) is 0 Å². The highest BCUT2D eigenvalue weighted by molar-refractivity contribution is 5.89. The third-order valence-electron chi connectivity index (χ3n) is 6.27. The van der Waals surface area contributed by atoms with Gasteiger partial charge in [0.1, 0.15) is 6.04 Å². The van der Waals surface area contributed by atoms with E-state index in [1.54, 1.807) is 9.80 Å². The Kier molecular flexibility index (Phi) is 7.93. The van der Waals surface area contributed by atoms with Gasteiger partial charge in [-0.1, -0.05) is 63.4 Å². The molecule has 170 valence electrons. The molecule has 3 rings (SSSR count). The number of carbonyl (C=O) groups is 3. The van der Waals surface area contributed by atoms with Crippen LogP contribution in [-0.2, 0) is 16.1 Å². The summed E-state index contributed by atoms with van der Waals surface area (Å²) >= 11 is 0. The van der Waals surface area contributed by atoms with Gasteiger partial charge in [-0.05, 0) is 30.7 Å². The lowest BCUT2D eigenvalue weighted by Crippen LogP contribution is -2.66. The van der Waals surface area contributed by atoms with Gasteiger partial charge in [0.25, 0.3) is 0 Å². The van der Waals surface area contributed by atoms with Crippen LogP contribution >= 0.6 is 0 Å². The number of hydrogen-bond acceptors (Lipinski definition) is 3. The smallest absolute Gasteiger partial charge is 0.318 e. The van der Waals surface area contributed by atoms with E-state index >= 15 is 0 Å². The SMILES string of the molecule is CC(C)C[C@@H]1C(=O)N(Cc2ccccc2)C[C@@H](CC(N)=O)N1C(=O)NC1CCCCC1. The molecule has 0 bridgehead atoms. The summed E-state index contributed by atoms with van der Waals surface area (Å²) < 4.78 is 0. The van der Waals surface area contributed by atoms with Crippen LogP contribution in [0.3, 0.4) is 0 Å². The van der Waals surface area contributed by atoms with E-state index in [1.807, 2.05) is 44.2 Å². The van der Waals surface area contributed by atoms with Crippen molar-refractivity contribution in [1.29, 1.82) is 0 Å². The first-order valence-electron chi connectivity index (χ1n) is 11.5. The van der Waals surface area contributed by atoms with E-state index in [4.69, 9.17) is 5.73 Å². The van der Waals surface area contributed by atoms with Crippen LogP contribution in [0.2, 0.25) is 0 Å². The molecule has 0 radical (unpaired) electrons. The maximum absolute atomic E-state index is 13.5. The van der Waals surface area contributed by atoms with Crippen LogP contribution in [0.25, 0.3) is 0 Å². The van der Waals surface area contributed by atoms with Gasteiger partial charge in [0.15, 0.2) is 0 Å². The Labute approximate surface area is 185 Å². The van der Waals surface area contributed by atoms with Gasteiger partial charge in [0.2, 0.25) is 11.8 Å². The second-order valence-electron chi connectivity index (χ2n) is 9.37. The standard InChI is InChI=1S/C24H36N4O3/c1-17(2)13-21-23(30)27(15-18-9-5-3-6-10-18)16-20(14-22(25)29)28(21)24(31)26-19-11-7-4-8-12-19/h3,5-6,9-10,17,19-21H,4,7-8,11-16H2,1-2H3,(H2,25,29)(H,26,31)/t20-,21-/m1/s1. The van der Waals surface area contributed by atoms with Gasteiger partial charge in [-0.3, -0.25) is 9.59 Å². The largest absolute Gasteiger partial charge is 0.370 e. The first-order chi connectivity index (χ1) is 14.8. The Morgan fingerprint density at radius 1 is 1.13 bits per heavy atom. The van der Waals surface area contributed by atoms with E-state index in [1.165, 1.54) is 6.42 Å². The Morgan fingerprint density at radius 2 is 1.81 bits per heavy atom. The molecular formula is C24H36N4O3. The van der Waals surface area contributed by atoms with Gasteiger partial charge in [0.05, 0.1) is 6.04 Å². The Balaban J connectivity index is 1.84. The number of piperazine rings is 1. The zero-order valence-electron chi connectivity index (χ0n) is 18.8. The number of nitrogens with two attached hydrogens (primary N) is 1. The summed E-state index contributed by atoms with van der Waals surface area (Å²) in [5.41, 5.74) is 6.57. The molecule has 2 aliphatic rings. The number of carbonyl (C=O) groups excluding carboxylic acids is 3. The van der Waals surface area contributed by atoms with Crippen molar-refractivity contribution in [2.75, 3.05) is 6.54 Å². The van der Waals surface area contributed by atoms with E-state index in [9.17, 15) is 14.4 Å². The summed E-state index contributed by atoms with van der Waals surface area (Å²) in [4.78, 5) is 42.1. The number of nitrogens with zero attached hydrogens (tertiary/aromatic N) is 2. The van der Waals surface area contributed by atoms with Crippen molar-refractivity contribution < 1.29 is 14.4 Å². The molecule has 7 nitrogen and oxygen atoms in total. The average Bonchev–Trinajstić information content (AvgIpc) is 2.72. The van der Waals surface area contributed by atoms with E-state index in [0.717, 1.165) is 31.2 Å². The number of rotatable bonds is 7. The normalized spacial score (nSPS) is 22.6. The van der Waals surface area contributed by atoms with Crippen LogP contribution in [0, 0.1) is 5.92 Å². The fourth-order valence-electron chi connectivity index (χ4n) is 4.82. The topological polar surface area (TPSA) is 95.7 Å². The summed E-state index contributed by atoms with van der Waals surface area (Å²) in [6.07, 6.45) is 5.93. The van der Waals surface area contributed by atoms with Crippen molar-refractivity contribution in [3.63, 3.8) is 0 Å². The fourth-order valence-corrected chi connectivity index (χ4v) is 4.82. The molecule has 3 N–H and O–H groups in total. The Morgan fingerprint density at radius 3 is 2.42 bits per heavy atom. The molecule has 1 aromatic rings. The van der Waals surface area contributed by atoms with Gasteiger partial charge >= 0.3 is 6.03 Å². The second-order valence-corrected chi connectivity index (χ2v) is 9.37. The van der Waals surface area contributed by atoms with Crippen molar-refractivity contribution in [2.24, 2.45) is 11.7 Å². The van der Waals surface area contributed by atoms with Gasteiger partial charge in [-0.15, -0.1) is 0 Å². The highest BCUT2D eigenvalue weighted by Gasteiger charge is 2.44. The first-order valence-corrected chi connectivity index (χ1v) is 11.5. The minimum atomic E-state index is -0.592. The summed E-state index contributed by atoms with van der Waals surface area (Å²) in [6, 6.07) is 8.67. The highest BCUT2D eigenvalue weighted by atomic mass is 16.2.